The van der Waals surface area contributed by atoms with E-state index in [1.54, 1.807) is 18.5 Å². The maximum atomic E-state index is 12.9. The van der Waals surface area contributed by atoms with Crippen molar-refractivity contribution < 1.29 is 0 Å². The molecular weight excluding hydrogens is 488 g/mol. The van der Waals surface area contributed by atoms with Gasteiger partial charge >= 0.3 is 0 Å². The van der Waals surface area contributed by atoms with Crippen LogP contribution in [0, 0.1) is 0 Å². The average molecular weight is 517 g/mol. The van der Waals surface area contributed by atoms with Crippen LogP contribution in [0.1, 0.15) is 48.8 Å². The lowest BCUT2D eigenvalue weighted by Crippen LogP contribution is -2.46. The maximum Gasteiger partial charge on any atom is 0.272 e. The predicted octanol–water partition coefficient (Wildman–Crippen LogP) is 3.42. The van der Waals surface area contributed by atoms with Crippen molar-refractivity contribution in [3.63, 3.8) is 0 Å². The molecule has 4 aromatic rings. The Morgan fingerprint density at radius 2 is 1.50 bits per heavy atom. The minimum atomic E-state index is -0.373. The van der Waals surface area contributed by atoms with Crippen LogP contribution in [0.3, 0.4) is 0 Å². The quantitative estimate of drug-likeness (QED) is 0.386. The third-order valence-electron chi connectivity index (χ3n) is 6.11. The zero-order valence-electron chi connectivity index (χ0n) is 20.4. The van der Waals surface area contributed by atoms with E-state index in [-0.39, 0.29) is 31.3 Å². The second kappa shape index (κ2) is 9.67. The molecule has 1 saturated heterocycles. The molecule has 1 fully saturated rings. The van der Waals surface area contributed by atoms with Crippen LogP contribution in [-0.4, -0.2) is 31.4 Å². The minimum Gasteiger partial charge on any atom is -0.348 e. The van der Waals surface area contributed by atoms with Gasteiger partial charge in [0.2, 0.25) is 0 Å². The third kappa shape index (κ3) is 4.75. The van der Waals surface area contributed by atoms with E-state index in [0.29, 0.717) is 5.69 Å². The van der Waals surface area contributed by atoms with E-state index >= 15 is 0 Å². The number of aromatic amines is 3. The summed E-state index contributed by atoms with van der Waals surface area (Å²) in [5.74, 6) is 2.15. The van der Waals surface area contributed by atoms with Gasteiger partial charge in [0, 0.05) is 22.6 Å². The standard InChI is InChI=1S/C28H28N4O2S2/c1-27(2,3)24-21(29-17-30-24)16-23-26(34)31-22(25(33)32-23)15-18-8-7-11-20(14-18)28(35-12-13-36-28)19-9-5-4-6-10-19/h4-11,14-17H,12-13H2,1-3H3,(H,29,30)(H,31,34)(H,32,33)/b22-15-,23-16-. The summed E-state index contributed by atoms with van der Waals surface area (Å²) >= 11 is 3.87. The van der Waals surface area contributed by atoms with E-state index in [4.69, 9.17) is 0 Å². The first-order valence-electron chi connectivity index (χ1n) is 11.8. The normalized spacial score (nSPS) is 16.5. The lowest BCUT2D eigenvalue weighted by atomic mass is 9.90. The van der Waals surface area contributed by atoms with Gasteiger partial charge in [-0.05, 0) is 34.9 Å². The number of aromatic nitrogens is 4. The fourth-order valence-electron chi connectivity index (χ4n) is 4.42. The van der Waals surface area contributed by atoms with Crippen LogP contribution in [0.25, 0.3) is 12.2 Å². The molecule has 0 spiro atoms. The molecule has 2 aromatic heterocycles. The number of nitrogens with zero attached hydrogens (tertiary/aromatic N) is 1. The highest BCUT2D eigenvalue weighted by Gasteiger charge is 2.39. The summed E-state index contributed by atoms with van der Waals surface area (Å²) in [6.07, 6.45) is 4.93. The van der Waals surface area contributed by atoms with Crippen molar-refractivity contribution in [3.8, 4) is 0 Å². The summed E-state index contributed by atoms with van der Waals surface area (Å²) in [5.41, 5.74) is 3.90. The molecule has 3 N–H and O–H groups in total. The van der Waals surface area contributed by atoms with E-state index in [1.165, 1.54) is 11.1 Å². The highest BCUT2D eigenvalue weighted by molar-refractivity contribution is 8.20. The van der Waals surface area contributed by atoms with Crippen molar-refractivity contribution in [2.24, 2.45) is 0 Å². The van der Waals surface area contributed by atoms with E-state index in [0.717, 1.165) is 22.8 Å². The SMILES string of the molecule is CC(C)(C)c1[nH]cnc1/C=c1\[nH]c(=O)/c(=C/c2cccc(C3(c4ccccc4)SCCS3)c2)[nH]c1=O. The first kappa shape index (κ1) is 24.5. The van der Waals surface area contributed by atoms with Gasteiger partial charge in [0.25, 0.3) is 11.1 Å². The molecule has 0 unspecified atom stereocenters. The molecular formula is C28H28N4O2S2. The zero-order valence-corrected chi connectivity index (χ0v) is 22.1. The minimum absolute atomic E-state index is 0.172. The van der Waals surface area contributed by atoms with Crippen molar-refractivity contribution in [1.29, 1.82) is 0 Å². The Kier molecular flexibility index (Phi) is 6.57. The Bertz CT molecular complexity index is 1620. The maximum absolute atomic E-state index is 12.9. The fourth-order valence-corrected chi connectivity index (χ4v) is 7.69. The first-order chi connectivity index (χ1) is 17.3. The smallest absolute Gasteiger partial charge is 0.272 e. The van der Waals surface area contributed by atoms with E-state index in [9.17, 15) is 9.59 Å². The molecule has 6 nitrogen and oxygen atoms in total. The van der Waals surface area contributed by atoms with Crippen LogP contribution < -0.4 is 21.8 Å². The Morgan fingerprint density at radius 1 is 0.861 bits per heavy atom. The summed E-state index contributed by atoms with van der Waals surface area (Å²) in [5, 5.41) is 0.387. The Hall–Kier alpha value is -3.23. The topological polar surface area (TPSA) is 94.4 Å². The van der Waals surface area contributed by atoms with E-state index < -0.39 is 0 Å². The zero-order chi connectivity index (χ0) is 25.3. The molecule has 0 aliphatic carbocycles. The highest BCUT2D eigenvalue weighted by atomic mass is 32.2. The van der Waals surface area contributed by atoms with Gasteiger partial charge < -0.3 is 15.0 Å². The molecule has 184 valence electrons. The van der Waals surface area contributed by atoms with Gasteiger partial charge in [0.05, 0.1) is 12.0 Å². The molecule has 2 aromatic carbocycles. The van der Waals surface area contributed by atoms with Gasteiger partial charge in [-0.2, -0.15) is 0 Å². The number of H-pyrrole nitrogens is 3. The van der Waals surface area contributed by atoms with Crippen LogP contribution >= 0.6 is 23.5 Å². The van der Waals surface area contributed by atoms with Crippen molar-refractivity contribution in [3.05, 3.63) is 120 Å². The van der Waals surface area contributed by atoms with Crippen LogP contribution in [0.15, 0.2) is 70.5 Å². The predicted molar refractivity (Wildman–Crippen MR) is 150 cm³/mol. The van der Waals surface area contributed by atoms with Crippen molar-refractivity contribution in [2.45, 2.75) is 30.3 Å². The first-order valence-corrected chi connectivity index (χ1v) is 13.8. The van der Waals surface area contributed by atoms with Crippen LogP contribution in [0.5, 0.6) is 0 Å². The van der Waals surface area contributed by atoms with Gasteiger partial charge in [-0.3, -0.25) is 9.59 Å². The summed E-state index contributed by atoms with van der Waals surface area (Å²) < 4.78 is -0.182. The molecule has 0 bridgehead atoms. The van der Waals surface area contributed by atoms with Gasteiger partial charge in [-0.1, -0.05) is 69.3 Å². The Morgan fingerprint density at radius 3 is 2.17 bits per heavy atom. The van der Waals surface area contributed by atoms with Crippen LogP contribution in [-0.2, 0) is 9.49 Å². The number of thioether (sulfide) groups is 2. The van der Waals surface area contributed by atoms with Crippen molar-refractivity contribution in [1.82, 2.24) is 19.9 Å². The van der Waals surface area contributed by atoms with E-state index in [1.807, 2.05) is 41.7 Å². The van der Waals surface area contributed by atoms with Gasteiger partial charge in [0.15, 0.2) is 0 Å². The lowest BCUT2D eigenvalue weighted by molar-refractivity contribution is 0.571. The van der Waals surface area contributed by atoms with Crippen LogP contribution in [0.2, 0.25) is 0 Å². The summed E-state index contributed by atoms with van der Waals surface area (Å²) in [7, 11) is 0. The van der Waals surface area contributed by atoms with Gasteiger partial charge in [-0.15, -0.1) is 23.5 Å². The molecule has 8 heteroatoms. The molecule has 0 amide bonds. The monoisotopic (exact) mass is 516 g/mol. The fraction of sp³-hybridized carbons (Fsp3) is 0.250. The molecule has 0 radical (unpaired) electrons. The summed E-state index contributed by atoms with van der Waals surface area (Å²) in [4.78, 5) is 38.7. The van der Waals surface area contributed by atoms with Crippen molar-refractivity contribution >= 4 is 35.7 Å². The molecule has 0 atom stereocenters. The van der Waals surface area contributed by atoms with Crippen LogP contribution in [0.4, 0.5) is 0 Å². The Labute approximate surface area is 217 Å². The van der Waals surface area contributed by atoms with Crippen molar-refractivity contribution in [2.75, 3.05) is 11.5 Å². The summed E-state index contributed by atoms with van der Waals surface area (Å²) in [6, 6.07) is 18.7. The van der Waals surface area contributed by atoms with Gasteiger partial charge in [0.1, 0.15) is 14.8 Å². The second-order valence-electron chi connectivity index (χ2n) is 9.74. The molecule has 5 rings (SSSR count). The number of hydrogen-bond acceptors (Lipinski definition) is 5. The number of nitrogens with one attached hydrogen (secondary N) is 3. The van der Waals surface area contributed by atoms with E-state index in [2.05, 4.69) is 77.1 Å². The third-order valence-corrected chi connectivity index (χ3v) is 9.65. The lowest BCUT2D eigenvalue weighted by Gasteiger charge is -2.28. The molecule has 1 aliphatic heterocycles. The molecule has 0 saturated carbocycles. The molecule has 1 aliphatic rings. The highest BCUT2D eigenvalue weighted by Crippen LogP contribution is 2.56. The number of imidazole rings is 1. The second-order valence-corrected chi connectivity index (χ2v) is 12.6. The number of hydrogen-bond donors (Lipinski definition) is 3. The van der Waals surface area contributed by atoms with Gasteiger partial charge in [-0.25, -0.2) is 4.98 Å². The largest absolute Gasteiger partial charge is 0.348 e. The summed E-state index contributed by atoms with van der Waals surface area (Å²) in [6.45, 7) is 6.17. The molecule has 36 heavy (non-hydrogen) atoms. The average Bonchev–Trinajstić information content (AvgIpc) is 3.54. The number of rotatable bonds is 4. The Balaban J connectivity index is 1.56. The molecule has 3 heterocycles. The number of benzene rings is 2.